The van der Waals surface area contributed by atoms with E-state index in [0.717, 1.165) is 22.5 Å². The molecule has 4 aromatic rings. The summed E-state index contributed by atoms with van der Waals surface area (Å²) in [5.41, 5.74) is 3.84. The number of imidazole rings is 1. The first-order valence-electron chi connectivity index (χ1n) is 12.2. The van der Waals surface area contributed by atoms with Gasteiger partial charge in [0.15, 0.2) is 0 Å². The quantitative estimate of drug-likeness (QED) is 0.240. The number of rotatable bonds is 9. The molecule has 2 aromatic carbocycles. The van der Waals surface area contributed by atoms with Gasteiger partial charge in [0, 0.05) is 11.4 Å². The van der Waals surface area contributed by atoms with Gasteiger partial charge in [-0.3, -0.25) is 4.79 Å². The number of methoxy groups -OCH3 is 1. The fourth-order valence-electron chi connectivity index (χ4n) is 4.10. The van der Waals surface area contributed by atoms with Crippen LogP contribution >= 0.6 is 0 Å². The molecule has 2 heterocycles. The van der Waals surface area contributed by atoms with Crippen LogP contribution < -0.4 is 15.4 Å². The van der Waals surface area contributed by atoms with Crippen LogP contribution in [0.15, 0.2) is 48.5 Å². The predicted molar refractivity (Wildman–Crippen MR) is 143 cm³/mol. The summed E-state index contributed by atoms with van der Waals surface area (Å²) in [6.07, 6.45) is 0.473. The zero-order chi connectivity index (χ0) is 26.6. The summed E-state index contributed by atoms with van der Waals surface area (Å²) >= 11 is 0. The summed E-state index contributed by atoms with van der Waals surface area (Å²) < 4.78 is 10.8. The number of para-hydroxylation sites is 2. The Hall–Kier alpha value is -4.27. The number of esters is 1. The van der Waals surface area contributed by atoms with Gasteiger partial charge in [-0.1, -0.05) is 19.1 Å². The summed E-state index contributed by atoms with van der Waals surface area (Å²) in [7, 11) is 1.61. The van der Waals surface area contributed by atoms with E-state index in [1.165, 1.54) is 0 Å². The molecule has 0 atom stereocenters. The van der Waals surface area contributed by atoms with Crippen LogP contribution in [0.5, 0.6) is 5.75 Å². The summed E-state index contributed by atoms with van der Waals surface area (Å²) in [6.45, 7) is 7.86. The van der Waals surface area contributed by atoms with Crippen molar-refractivity contribution in [2.75, 3.05) is 12.4 Å². The van der Waals surface area contributed by atoms with Gasteiger partial charge in [-0.15, -0.1) is 0 Å². The molecule has 0 bridgehead atoms. The van der Waals surface area contributed by atoms with Crippen molar-refractivity contribution in [3.05, 3.63) is 76.9 Å². The molecule has 0 radical (unpaired) electrons. The van der Waals surface area contributed by atoms with E-state index in [0.29, 0.717) is 35.6 Å². The van der Waals surface area contributed by atoms with Crippen LogP contribution in [0.25, 0.3) is 11.0 Å². The molecule has 0 aliphatic carbocycles. The van der Waals surface area contributed by atoms with Crippen molar-refractivity contribution in [1.82, 2.24) is 20.3 Å². The molecular weight excluding hydrogens is 470 g/mol. The lowest BCUT2D eigenvalue weighted by Gasteiger charge is -2.19. The highest BCUT2D eigenvalue weighted by molar-refractivity contribution is 6.01. The number of H-pyrrole nitrogens is 2. The number of fused-ring (bicyclic) bond motifs is 1. The number of amides is 1. The average molecular weight is 504 g/mol. The average Bonchev–Trinajstić information content (AvgIpc) is 3.46. The molecule has 0 saturated heterocycles. The summed E-state index contributed by atoms with van der Waals surface area (Å²) in [5, 5.41) is 6.27. The lowest BCUT2D eigenvalue weighted by molar-refractivity contribution is 0.00622. The van der Waals surface area contributed by atoms with Crippen LogP contribution in [0.3, 0.4) is 0 Å². The Labute approximate surface area is 216 Å². The first-order valence-corrected chi connectivity index (χ1v) is 12.2. The number of hydrogen-bond donors (Lipinski definition) is 4. The monoisotopic (exact) mass is 503 g/mol. The molecule has 0 aliphatic rings. The van der Waals surface area contributed by atoms with Crippen molar-refractivity contribution in [2.45, 2.75) is 52.8 Å². The predicted octanol–water partition coefficient (Wildman–Crippen LogP) is 4.96. The molecule has 0 saturated carbocycles. The van der Waals surface area contributed by atoms with Gasteiger partial charge in [-0.05, 0) is 69.2 Å². The van der Waals surface area contributed by atoms with Crippen molar-refractivity contribution in [1.29, 1.82) is 0 Å². The zero-order valence-corrected chi connectivity index (χ0v) is 21.8. The SMILES string of the molecule is CCc1c(C(=O)OC(C)(C)C)[nH]c(CNc2ccc(OC)cc2)c1C(=O)NCc1nc2ccccc2[nH]1. The number of carbonyl (C=O) groups is 2. The van der Waals surface area contributed by atoms with E-state index in [4.69, 9.17) is 9.47 Å². The number of nitrogens with zero attached hydrogens (tertiary/aromatic N) is 1. The Bertz CT molecular complexity index is 1360. The molecule has 4 rings (SSSR count). The van der Waals surface area contributed by atoms with Gasteiger partial charge in [0.2, 0.25) is 0 Å². The second-order valence-corrected chi connectivity index (χ2v) is 9.65. The highest BCUT2D eigenvalue weighted by Crippen LogP contribution is 2.25. The largest absolute Gasteiger partial charge is 0.497 e. The van der Waals surface area contributed by atoms with Crippen LogP contribution in [0.4, 0.5) is 5.69 Å². The number of carbonyl (C=O) groups excluding carboxylic acids is 2. The Kier molecular flexibility index (Phi) is 7.52. The van der Waals surface area contributed by atoms with Gasteiger partial charge in [0.25, 0.3) is 5.91 Å². The van der Waals surface area contributed by atoms with Gasteiger partial charge >= 0.3 is 5.97 Å². The number of aromatic nitrogens is 3. The molecule has 0 aliphatic heterocycles. The highest BCUT2D eigenvalue weighted by atomic mass is 16.6. The minimum atomic E-state index is -0.668. The topological polar surface area (TPSA) is 121 Å². The van der Waals surface area contributed by atoms with E-state index < -0.39 is 11.6 Å². The van der Waals surface area contributed by atoms with Crippen LogP contribution in [0, 0.1) is 0 Å². The maximum Gasteiger partial charge on any atom is 0.355 e. The van der Waals surface area contributed by atoms with Gasteiger partial charge in [-0.2, -0.15) is 0 Å². The molecule has 9 heteroatoms. The van der Waals surface area contributed by atoms with Crippen LogP contribution in [-0.4, -0.2) is 39.5 Å². The van der Waals surface area contributed by atoms with Gasteiger partial charge in [-0.25, -0.2) is 9.78 Å². The number of hydrogen-bond acceptors (Lipinski definition) is 6. The van der Waals surface area contributed by atoms with Crippen molar-refractivity contribution in [3.8, 4) is 5.75 Å². The molecule has 37 heavy (non-hydrogen) atoms. The molecule has 2 aromatic heterocycles. The van der Waals surface area contributed by atoms with Crippen LogP contribution in [0.1, 0.15) is 65.6 Å². The van der Waals surface area contributed by atoms with Crippen molar-refractivity contribution < 1.29 is 19.1 Å². The molecule has 1 amide bonds. The minimum absolute atomic E-state index is 0.217. The van der Waals surface area contributed by atoms with E-state index in [1.54, 1.807) is 7.11 Å². The standard InChI is InChI=1S/C28H33N5O4/c1-6-19-24(26(34)30-16-23-31-20-9-7-8-10-21(20)32-23)22(33-25(19)27(35)37-28(2,3)4)15-29-17-11-13-18(36-5)14-12-17/h7-14,29,33H,6,15-16H2,1-5H3,(H,30,34)(H,31,32). The second kappa shape index (κ2) is 10.8. The first-order chi connectivity index (χ1) is 17.7. The Morgan fingerprint density at radius 1 is 1.00 bits per heavy atom. The normalized spacial score (nSPS) is 11.4. The second-order valence-electron chi connectivity index (χ2n) is 9.65. The Morgan fingerprint density at radius 2 is 1.73 bits per heavy atom. The van der Waals surface area contributed by atoms with Crippen LogP contribution in [-0.2, 0) is 24.2 Å². The molecule has 0 unspecified atom stereocenters. The zero-order valence-electron chi connectivity index (χ0n) is 21.8. The molecule has 0 spiro atoms. The third-order valence-electron chi connectivity index (χ3n) is 5.78. The third kappa shape index (κ3) is 6.11. The van der Waals surface area contributed by atoms with Crippen molar-refractivity contribution in [2.24, 2.45) is 0 Å². The van der Waals surface area contributed by atoms with Gasteiger partial charge in [0.1, 0.15) is 22.9 Å². The number of aromatic amines is 2. The third-order valence-corrected chi connectivity index (χ3v) is 5.78. The molecule has 4 N–H and O–H groups in total. The Morgan fingerprint density at radius 3 is 2.38 bits per heavy atom. The first kappa shape index (κ1) is 25.8. The minimum Gasteiger partial charge on any atom is -0.497 e. The summed E-state index contributed by atoms with van der Waals surface area (Å²) in [5.74, 6) is 0.603. The molecule has 0 fully saturated rings. The fourth-order valence-corrected chi connectivity index (χ4v) is 4.10. The van der Waals surface area contributed by atoms with E-state index in [9.17, 15) is 9.59 Å². The molecular formula is C28H33N5O4. The number of anilines is 1. The van der Waals surface area contributed by atoms with Crippen LogP contribution in [0.2, 0.25) is 0 Å². The summed E-state index contributed by atoms with van der Waals surface area (Å²) in [6, 6.07) is 15.2. The number of benzene rings is 2. The number of ether oxygens (including phenoxy) is 2. The highest BCUT2D eigenvalue weighted by Gasteiger charge is 2.28. The maximum absolute atomic E-state index is 13.5. The maximum atomic E-state index is 13.5. The van der Waals surface area contributed by atoms with Gasteiger partial charge < -0.3 is 30.1 Å². The van der Waals surface area contributed by atoms with E-state index in [2.05, 4.69) is 25.6 Å². The lowest BCUT2D eigenvalue weighted by atomic mass is 10.0. The lowest BCUT2D eigenvalue weighted by Crippen LogP contribution is -2.26. The van der Waals surface area contributed by atoms with E-state index in [-0.39, 0.29) is 18.1 Å². The van der Waals surface area contributed by atoms with Crippen molar-refractivity contribution >= 4 is 28.6 Å². The molecule has 9 nitrogen and oxygen atoms in total. The smallest absolute Gasteiger partial charge is 0.355 e. The summed E-state index contributed by atoms with van der Waals surface area (Å²) in [4.78, 5) is 37.4. The van der Waals surface area contributed by atoms with Gasteiger partial charge in [0.05, 0.1) is 36.8 Å². The van der Waals surface area contributed by atoms with Crippen molar-refractivity contribution in [3.63, 3.8) is 0 Å². The Balaban J connectivity index is 1.61. The van der Waals surface area contributed by atoms with E-state index >= 15 is 0 Å². The fraction of sp³-hybridized carbons (Fsp3) is 0.321. The molecule has 194 valence electrons. The number of nitrogens with one attached hydrogen (secondary N) is 4. The van der Waals surface area contributed by atoms with E-state index in [1.807, 2.05) is 76.2 Å².